The highest BCUT2D eigenvalue weighted by Crippen LogP contribution is 2.23. The van der Waals surface area contributed by atoms with Crippen molar-refractivity contribution in [1.29, 1.82) is 0 Å². The lowest BCUT2D eigenvalue weighted by atomic mass is 10.1. The summed E-state index contributed by atoms with van der Waals surface area (Å²) in [6.45, 7) is 0.381. The van der Waals surface area contributed by atoms with Gasteiger partial charge in [0.05, 0.1) is 0 Å². The molecule has 2 rings (SSSR count). The van der Waals surface area contributed by atoms with Crippen molar-refractivity contribution in [2.24, 2.45) is 0 Å². The number of carbonyl (C=O) groups is 2. The summed E-state index contributed by atoms with van der Waals surface area (Å²) >= 11 is 0. The van der Waals surface area contributed by atoms with Crippen molar-refractivity contribution in [3.63, 3.8) is 0 Å². The smallest absolute Gasteiger partial charge is 0.389 e. The van der Waals surface area contributed by atoms with E-state index >= 15 is 0 Å². The van der Waals surface area contributed by atoms with Crippen LogP contribution in [0.5, 0.6) is 0 Å². The molecule has 22 heavy (non-hydrogen) atoms. The number of halogens is 3. The second kappa shape index (κ2) is 6.37. The molecule has 7 heteroatoms. The zero-order valence-corrected chi connectivity index (χ0v) is 11.8. The third-order valence-corrected chi connectivity index (χ3v) is 3.70. The normalized spacial score (nSPS) is 18.5. The van der Waals surface area contributed by atoms with Gasteiger partial charge in [0.25, 0.3) is 5.91 Å². The Morgan fingerprint density at radius 3 is 2.41 bits per heavy atom. The first kappa shape index (κ1) is 16.3. The molecule has 0 bridgehead atoms. The first-order valence-electron chi connectivity index (χ1n) is 6.97. The number of benzene rings is 1. The molecule has 1 amide bonds. The van der Waals surface area contributed by atoms with Gasteiger partial charge in [0.15, 0.2) is 0 Å². The largest absolute Gasteiger partial charge is 0.480 e. The summed E-state index contributed by atoms with van der Waals surface area (Å²) in [5.74, 6) is -1.43. The molecule has 4 nitrogen and oxygen atoms in total. The van der Waals surface area contributed by atoms with Crippen LogP contribution in [0.1, 0.15) is 35.2 Å². The Kier molecular flexibility index (Phi) is 4.73. The molecule has 1 saturated heterocycles. The van der Waals surface area contributed by atoms with Crippen molar-refractivity contribution >= 4 is 11.9 Å². The van der Waals surface area contributed by atoms with Crippen LogP contribution in [-0.2, 0) is 11.2 Å². The van der Waals surface area contributed by atoms with Gasteiger partial charge in [0.2, 0.25) is 0 Å². The Hall–Kier alpha value is -2.05. The fraction of sp³-hybridized carbons (Fsp3) is 0.467. The van der Waals surface area contributed by atoms with Crippen LogP contribution in [0.15, 0.2) is 24.3 Å². The molecule has 1 heterocycles. The maximum atomic E-state index is 12.3. The van der Waals surface area contributed by atoms with Crippen LogP contribution < -0.4 is 0 Å². The van der Waals surface area contributed by atoms with Crippen molar-refractivity contribution in [1.82, 2.24) is 4.90 Å². The van der Waals surface area contributed by atoms with Gasteiger partial charge < -0.3 is 10.0 Å². The molecule has 120 valence electrons. The number of carbonyl (C=O) groups excluding carboxylic acids is 1. The highest BCUT2D eigenvalue weighted by atomic mass is 19.4. The highest BCUT2D eigenvalue weighted by Gasteiger charge is 2.34. The number of nitrogens with zero attached hydrogens (tertiary/aromatic N) is 1. The number of carboxylic acid groups (broad SMARTS) is 1. The Bertz CT molecular complexity index is 554. The second-order valence-electron chi connectivity index (χ2n) is 5.31. The number of aliphatic carboxylic acids is 1. The standard InChI is InChI=1S/C15H16F3NO3/c16-15(17,18)8-7-10-3-5-11(6-4-10)13(20)19-9-1-2-12(19)14(21)22/h3-6,12H,1-2,7-9H2,(H,21,22). The lowest BCUT2D eigenvalue weighted by Crippen LogP contribution is -2.40. The van der Waals surface area contributed by atoms with Crippen molar-refractivity contribution in [3.05, 3.63) is 35.4 Å². The predicted molar refractivity (Wildman–Crippen MR) is 72.5 cm³/mol. The Balaban J connectivity index is 2.03. The maximum Gasteiger partial charge on any atom is 0.389 e. The number of aryl methyl sites for hydroxylation is 1. The topological polar surface area (TPSA) is 57.6 Å². The number of rotatable bonds is 4. The van der Waals surface area contributed by atoms with Crippen molar-refractivity contribution < 1.29 is 27.9 Å². The van der Waals surface area contributed by atoms with E-state index in [1.807, 2.05) is 0 Å². The minimum Gasteiger partial charge on any atom is -0.480 e. The van der Waals surface area contributed by atoms with Crippen LogP contribution in [0.3, 0.4) is 0 Å². The van der Waals surface area contributed by atoms with E-state index in [1.54, 1.807) is 0 Å². The van der Waals surface area contributed by atoms with Gasteiger partial charge in [0, 0.05) is 18.5 Å². The van der Waals surface area contributed by atoms with Gasteiger partial charge in [0.1, 0.15) is 6.04 Å². The van der Waals surface area contributed by atoms with Gasteiger partial charge in [-0.15, -0.1) is 0 Å². The zero-order chi connectivity index (χ0) is 16.3. The van der Waals surface area contributed by atoms with Crippen LogP contribution in [0.4, 0.5) is 13.2 Å². The fourth-order valence-corrected chi connectivity index (χ4v) is 2.53. The molecule has 0 aliphatic carbocycles. The summed E-state index contributed by atoms with van der Waals surface area (Å²) in [4.78, 5) is 24.7. The van der Waals surface area contributed by atoms with Gasteiger partial charge in [-0.2, -0.15) is 13.2 Å². The van der Waals surface area contributed by atoms with E-state index in [0.717, 1.165) is 0 Å². The monoisotopic (exact) mass is 315 g/mol. The summed E-state index contributed by atoms with van der Waals surface area (Å²) in [7, 11) is 0. The Labute approximate surface area is 125 Å². The number of hydrogen-bond acceptors (Lipinski definition) is 2. The van der Waals surface area contributed by atoms with Crippen molar-refractivity contribution in [2.75, 3.05) is 6.54 Å². The number of carboxylic acids is 1. The fourth-order valence-electron chi connectivity index (χ4n) is 2.53. The molecule has 1 N–H and O–H groups in total. The van der Waals surface area contributed by atoms with E-state index in [1.165, 1.54) is 29.2 Å². The van der Waals surface area contributed by atoms with E-state index in [4.69, 9.17) is 5.11 Å². The summed E-state index contributed by atoms with van der Waals surface area (Å²) in [6, 6.07) is 5.03. The molecule has 0 spiro atoms. The zero-order valence-electron chi connectivity index (χ0n) is 11.8. The van der Waals surface area contributed by atoms with E-state index in [9.17, 15) is 22.8 Å². The maximum absolute atomic E-state index is 12.3. The minimum atomic E-state index is -4.21. The molecule has 1 aromatic rings. The molecular weight excluding hydrogens is 299 g/mol. The van der Waals surface area contributed by atoms with Gasteiger partial charge >= 0.3 is 12.1 Å². The Morgan fingerprint density at radius 2 is 1.86 bits per heavy atom. The van der Waals surface area contributed by atoms with Gasteiger partial charge in [-0.25, -0.2) is 4.79 Å². The van der Waals surface area contributed by atoms with E-state index < -0.39 is 30.5 Å². The number of amides is 1. The van der Waals surface area contributed by atoms with Crippen LogP contribution in [-0.4, -0.2) is 40.6 Å². The molecule has 0 saturated carbocycles. The van der Waals surface area contributed by atoms with E-state index in [0.29, 0.717) is 30.5 Å². The van der Waals surface area contributed by atoms with Crippen LogP contribution in [0.2, 0.25) is 0 Å². The highest BCUT2D eigenvalue weighted by molar-refractivity contribution is 5.97. The summed E-state index contributed by atoms with van der Waals surface area (Å²) in [5.41, 5.74) is 0.786. The van der Waals surface area contributed by atoms with Gasteiger partial charge in [-0.3, -0.25) is 4.79 Å². The third kappa shape index (κ3) is 3.99. The lowest BCUT2D eigenvalue weighted by molar-refractivity contribution is -0.141. The first-order valence-corrected chi connectivity index (χ1v) is 6.97. The molecule has 1 fully saturated rings. The van der Waals surface area contributed by atoms with Gasteiger partial charge in [-0.05, 0) is 37.0 Å². The number of hydrogen-bond donors (Lipinski definition) is 1. The summed E-state index contributed by atoms with van der Waals surface area (Å²) < 4.78 is 36.5. The van der Waals surface area contributed by atoms with Crippen molar-refractivity contribution in [2.45, 2.75) is 37.9 Å². The average Bonchev–Trinajstić information content (AvgIpc) is 2.94. The van der Waals surface area contributed by atoms with E-state index in [-0.39, 0.29) is 6.42 Å². The Morgan fingerprint density at radius 1 is 1.23 bits per heavy atom. The SMILES string of the molecule is O=C(O)C1CCCN1C(=O)c1ccc(CCC(F)(F)F)cc1. The first-order chi connectivity index (χ1) is 10.3. The predicted octanol–water partition coefficient (Wildman–Crippen LogP) is 2.87. The lowest BCUT2D eigenvalue weighted by Gasteiger charge is -2.21. The van der Waals surface area contributed by atoms with Gasteiger partial charge in [-0.1, -0.05) is 12.1 Å². The summed E-state index contributed by atoms with van der Waals surface area (Å²) in [5, 5.41) is 9.07. The van der Waals surface area contributed by atoms with Crippen LogP contribution >= 0.6 is 0 Å². The quantitative estimate of drug-likeness (QED) is 0.929. The molecule has 1 unspecified atom stereocenters. The molecule has 1 aliphatic heterocycles. The molecule has 0 radical (unpaired) electrons. The minimum absolute atomic E-state index is 0.139. The van der Waals surface area contributed by atoms with Crippen molar-refractivity contribution in [3.8, 4) is 0 Å². The number of alkyl halides is 3. The number of likely N-dealkylation sites (tertiary alicyclic amines) is 1. The molecule has 0 aromatic heterocycles. The molecule has 1 aromatic carbocycles. The average molecular weight is 315 g/mol. The molecule has 1 atom stereocenters. The molecular formula is C15H16F3NO3. The van der Waals surface area contributed by atoms with Crippen LogP contribution in [0, 0.1) is 0 Å². The van der Waals surface area contributed by atoms with Crippen LogP contribution in [0.25, 0.3) is 0 Å². The summed E-state index contributed by atoms with van der Waals surface area (Å²) in [6.07, 6.45) is -4.21. The molecule has 1 aliphatic rings. The second-order valence-corrected chi connectivity index (χ2v) is 5.31. The third-order valence-electron chi connectivity index (χ3n) is 3.70. The van der Waals surface area contributed by atoms with E-state index in [2.05, 4.69) is 0 Å².